The molecule has 2 saturated carbocycles. The molecule has 1 aromatic heterocycles. The summed E-state index contributed by atoms with van der Waals surface area (Å²) < 4.78 is 40.7. The van der Waals surface area contributed by atoms with Gasteiger partial charge in [0, 0.05) is 6.54 Å². The number of halogens is 3. The quantitative estimate of drug-likeness (QED) is 0.642. The van der Waals surface area contributed by atoms with E-state index >= 15 is 0 Å². The average Bonchev–Trinajstić information content (AvgIpc) is 3.56. The van der Waals surface area contributed by atoms with Crippen LogP contribution in [0.15, 0.2) is 42.6 Å². The summed E-state index contributed by atoms with van der Waals surface area (Å²) in [5.74, 6) is 0.441. The number of aromatic nitrogens is 1. The van der Waals surface area contributed by atoms with Gasteiger partial charge >= 0.3 is 12.2 Å². The van der Waals surface area contributed by atoms with E-state index in [1.807, 2.05) is 37.2 Å². The van der Waals surface area contributed by atoms with Crippen LogP contribution in [0.5, 0.6) is 0 Å². The van der Waals surface area contributed by atoms with Gasteiger partial charge in [-0.25, -0.2) is 9.78 Å². The fourth-order valence-electron chi connectivity index (χ4n) is 5.60. The molecule has 0 unspecified atom stereocenters. The second-order valence-electron chi connectivity index (χ2n) is 9.99. The number of pyridine rings is 1. The molecule has 1 saturated heterocycles. The van der Waals surface area contributed by atoms with Crippen molar-refractivity contribution >= 4 is 11.7 Å². The predicted molar refractivity (Wildman–Crippen MR) is 120 cm³/mol. The number of carbonyl (C=O) groups is 1. The third kappa shape index (κ3) is 3.52. The zero-order chi connectivity index (χ0) is 24.3. The minimum Gasteiger partial charge on any atom is -0.316 e. The van der Waals surface area contributed by atoms with E-state index in [1.54, 1.807) is 0 Å². The molecule has 2 amide bonds. The van der Waals surface area contributed by atoms with Gasteiger partial charge in [-0.05, 0) is 57.3 Å². The molecule has 0 bridgehead atoms. The zero-order valence-corrected chi connectivity index (χ0v) is 19.1. The van der Waals surface area contributed by atoms with Gasteiger partial charge in [-0.1, -0.05) is 30.3 Å². The van der Waals surface area contributed by atoms with Crippen LogP contribution in [-0.4, -0.2) is 53.5 Å². The van der Waals surface area contributed by atoms with Gasteiger partial charge in [-0.3, -0.25) is 9.80 Å². The van der Waals surface area contributed by atoms with E-state index in [0.29, 0.717) is 31.8 Å². The number of rotatable bonds is 5. The first-order valence-electron chi connectivity index (χ1n) is 11.4. The number of nitrogens with zero attached hydrogens (tertiary/aromatic N) is 5. The van der Waals surface area contributed by atoms with E-state index < -0.39 is 23.0 Å². The van der Waals surface area contributed by atoms with E-state index in [-0.39, 0.29) is 17.3 Å². The summed E-state index contributed by atoms with van der Waals surface area (Å²) in [6, 6.07) is 12.3. The summed E-state index contributed by atoms with van der Waals surface area (Å²) in [7, 11) is 4.06. The van der Waals surface area contributed by atoms with Crippen LogP contribution in [0.1, 0.15) is 42.5 Å². The van der Waals surface area contributed by atoms with E-state index in [9.17, 15) is 18.0 Å². The van der Waals surface area contributed by atoms with Gasteiger partial charge < -0.3 is 4.90 Å². The number of amides is 2. The summed E-state index contributed by atoms with van der Waals surface area (Å²) >= 11 is 0. The Morgan fingerprint density at radius 1 is 1.21 bits per heavy atom. The molecule has 3 fully saturated rings. The number of carbonyl (C=O) groups excluding carboxylic acids is 1. The van der Waals surface area contributed by atoms with Gasteiger partial charge in [-0.2, -0.15) is 18.4 Å². The van der Waals surface area contributed by atoms with Gasteiger partial charge in [0.2, 0.25) is 0 Å². The summed E-state index contributed by atoms with van der Waals surface area (Å²) in [6.45, 7) is 0.912. The molecular weight excluding hydrogens is 443 g/mol. The molecule has 1 aromatic carbocycles. The Kier molecular flexibility index (Phi) is 5.13. The Balaban J connectivity index is 1.51. The van der Waals surface area contributed by atoms with Crippen LogP contribution in [0.2, 0.25) is 0 Å². The maximum Gasteiger partial charge on any atom is 0.419 e. The molecule has 3 aliphatic rings. The molecule has 2 aromatic rings. The number of alkyl halides is 3. The molecule has 1 aliphatic heterocycles. The summed E-state index contributed by atoms with van der Waals surface area (Å²) in [6.07, 6.45) is -0.00714. The minimum absolute atomic E-state index is 0.0797. The zero-order valence-electron chi connectivity index (χ0n) is 19.1. The van der Waals surface area contributed by atoms with Gasteiger partial charge in [0.05, 0.1) is 35.1 Å². The van der Waals surface area contributed by atoms with Crippen molar-refractivity contribution in [3.05, 3.63) is 59.4 Å². The van der Waals surface area contributed by atoms with Gasteiger partial charge in [0.1, 0.15) is 6.07 Å². The molecule has 2 heterocycles. The number of nitriles is 1. The molecule has 34 heavy (non-hydrogen) atoms. The third-order valence-corrected chi connectivity index (χ3v) is 7.63. The van der Waals surface area contributed by atoms with Crippen molar-refractivity contribution in [3.8, 4) is 6.07 Å². The lowest BCUT2D eigenvalue weighted by molar-refractivity contribution is -0.138. The van der Waals surface area contributed by atoms with Crippen molar-refractivity contribution < 1.29 is 18.0 Å². The van der Waals surface area contributed by atoms with Crippen molar-refractivity contribution in [2.45, 2.75) is 42.9 Å². The van der Waals surface area contributed by atoms with Gasteiger partial charge in [0.15, 0.2) is 5.69 Å². The lowest BCUT2D eigenvalue weighted by Crippen LogP contribution is -2.67. The van der Waals surface area contributed by atoms with Crippen molar-refractivity contribution in [1.29, 1.82) is 5.26 Å². The number of anilines is 1. The average molecular weight is 470 g/mol. The van der Waals surface area contributed by atoms with Crippen molar-refractivity contribution in [2.75, 3.05) is 32.1 Å². The molecule has 6 nitrogen and oxygen atoms in total. The fraction of sp³-hybridized carbons (Fsp3) is 0.480. The largest absolute Gasteiger partial charge is 0.419 e. The molecule has 0 atom stereocenters. The minimum atomic E-state index is -4.73. The third-order valence-electron chi connectivity index (χ3n) is 7.63. The Labute approximate surface area is 196 Å². The Morgan fingerprint density at radius 3 is 2.44 bits per heavy atom. The molecule has 1 spiro atoms. The highest BCUT2D eigenvalue weighted by molar-refractivity contribution is 5.95. The van der Waals surface area contributed by atoms with Crippen molar-refractivity contribution in [2.24, 2.45) is 5.92 Å². The fourth-order valence-corrected chi connectivity index (χ4v) is 5.60. The number of urea groups is 1. The highest BCUT2D eigenvalue weighted by atomic mass is 19.4. The molecule has 0 radical (unpaired) electrons. The van der Waals surface area contributed by atoms with Crippen LogP contribution < -0.4 is 4.90 Å². The van der Waals surface area contributed by atoms with Crippen LogP contribution in [0.25, 0.3) is 0 Å². The topological polar surface area (TPSA) is 63.5 Å². The first-order chi connectivity index (χ1) is 16.1. The first kappa shape index (κ1) is 22.7. The van der Waals surface area contributed by atoms with Crippen LogP contribution in [0.4, 0.5) is 23.7 Å². The van der Waals surface area contributed by atoms with Crippen molar-refractivity contribution in [1.82, 2.24) is 14.8 Å². The van der Waals surface area contributed by atoms with Gasteiger partial charge in [0.25, 0.3) is 0 Å². The molecule has 0 N–H and O–H groups in total. The highest BCUT2D eigenvalue weighted by Crippen LogP contribution is 2.57. The number of hydrogen-bond donors (Lipinski definition) is 0. The van der Waals surface area contributed by atoms with Crippen LogP contribution >= 0.6 is 0 Å². The Morgan fingerprint density at radius 2 is 1.88 bits per heavy atom. The Bertz CT molecular complexity index is 1150. The van der Waals surface area contributed by atoms with E-state index in [2.05, 4.69) is 22.0 Å². The smallest absolute Gasteiger partial charge is 0.316 e. The number of benzene rings is 1. The molecule has 2 aliphatic carbocycles. The normalized spacial score (nSPS) is 26.8. The maximum absolute atomic E-state index is 13.6. The van der Waals surface area contributed by atoms with E-state index in [1.165, 1.54) is 22.7 Å². The summed E-state index contributed by atoms with van der Waals surface area (Å²) in [4.78, 5) is 22.8. The lowest BCUT2D eigenvalue weighted by Gasteiger charge is -2.60. The molecule has 9 heteroatoms. The second kappa shape index (κ2) is 7.70. The monoisotopic (exact) mass is 469 g/mol. The lowest BCUT2D eigenvalue weighted by atomic mass is 9.58. The van der Waals surface area contributed by atoms with Crippen molar-refractivity contribution in [3.63, 3.8) is 0 Å². The van der Waals surface area contributed by atoms with Crippen LogP contribution in [-0.2, 0) is 11.7 Å². The highest BCUT2D eigenvalue weighted by Gasteiger charge is 2.65. The van der Waals surface area contributed by atoms with Crippen LogP contribution in [0, 0.1) is 17.2 Å². The van der Waals surface area contributed by atoms with E-state index in [0.717, 1.165) is 18.9 Å². The first-order valence-corrected chi connectivity index (χ1v) is 11.4. The summed E-state index contributed by atoms with van der Waals surface area (Å²) in [5, 5.41) is 9.08. The Hall–Kier alpha value is -3.12. The summed E-state index contributed by atoms with van der Waals surface area (Å²) in [5.41, 5.74) is -1.27. The second-order valence-corrected chi connectivity index (χ2v) is 9.99. The molecule has 178 valence electrons. The standard InChI is InChI=1S/C25H26F3N5O/c1-31(2)24(18-6-4-3-5-7-18)14-23(15-24)16-32(22(34)33(23)13-17-8-9-17)19-10-20(25(26,27)28)21(11-29)30-12-19/h3-7,10,12,17H,8-9,13-16H2,1-2H3/t23-,24+. The molecular formula is C25H26F3N5O. The van der Waals surface area contributed by atoms with E-state index in [4.69, 9.17) is 5.26 Å². The predicted octanol–water partition coefficient (Wildman–Crippen LogP) is 4.61. The maximum atomic E-state index is 13.6. The van der Waals surface area contributed by atoms with Gasteiger partial charge in [-0.15, -0.1) is 0 Å². The number of hydrogen-bond acceptors (Lipinski definition) is 4. The van der Waals surface area contributed by atoms with Crippen LogP contribution in [0.3, 0.4) is 0 Å². The SMILES string of the molecule is CN(C)[C@]1(c2ccccc2)C[C@@]2(CN(c3cnc(C#N)c(C(F)(F)F)c3)C(=O)N2CC2CC2)C1. The molecule has 5 rings (SSSR count).